The Bertz CT molecular complexity index is 787. The highest BCUT2D eigenvalue weighted by Crippen LogP contribution is 2.25. The zero-order valence-corrected chi connectivity index (χ0v) is 29.2. The molecule has 0 fully saturated rings. The van der Waals surface area contributed by atoms with Crippen LogP contribution in [0.3, 0.4) is 0 Å². The summed E-state index contributed by atoms with van der Waals surface area (Å²) in [5.74, 6) is -0.233. The average Bonchev–Trinajstić information content (AvgIpc) is 3.03. The van der Waals surface area contributed by atoms with Crippen LogP contribution in [0, 0.1) is 0 Å². The molecule has 0 aromatic rings. The molecular weight excluding hydrogens is 570 g/mol. The van der Waals surface area contributed by atoms with Crippen LogP contribution in [0.15, 0.2) is 11.4 Å². The van der Waals surface area contributed by atoms with Gasteiger partial charge in [-0.15, -0.1) is 0 Å². The summed E-state index contributed by atoms with van der Waals surface area (Å²) in [5, 5.41) is 31.6. The Labute approximate surface area is 275 Å². The molecular formula is C36H69N3O6. The highest BCUT2D eigenvalue weighted by Gasteiger charge is 2.40. The van der Waals surface area contributed by atoms with Gasteiger partial charge in [0.2, 0.25) is 5.78 Å². The summed E-state index contributed by atoms with van der Waals surface area (Å²) in [5.41, 5.74) is 1.31. The van der Waals surface area contributed by atoms with Gasteiger partial charge in [0, 0.05) is 26.1 Å². The molecule has 0 saturated carbocycles. The van der Waals surface area contributed by atoms with Crippen LogP contribution in [-0.2, 0) is 14.3 Å². The zero-order chi connectivity index (χ0) is 33.1. The standard InChI is InChI=1S/C36H69N3O6/c1-4-7-8-9-10-17-22-30-45-32(42)25-19-14-12-16-21-28-38(27-20-15-11-13-18-24-31(40)41)29-23-26-37-33-34(36(44)35(33)43)39(5-2)6-3/h31,35,37,40-41,43H,4-30H2,1-3H3. The van der Waals surface area contributed by atoms with Gasteiger partial charge in [-0.25, -0.2) is 0 Å². The molecule has 0 aromatic heterocycles. The van der Waals surface area contributed by atoms with E-state index in [1.54, 1.807) is 0 Å². The molecule has 9 nitrogen and oxygen atoms in total. The van der Waals surface area contributed by atoms with Crippen molar-refractivity contribution in [3.8, 4) is 0 Å². The smallest absolute Gasteiger partial charge is 0.305 e. The maximum atomic E-state index is 12.2. The van der Waals surface area contributed by atoms with E-state index in [9.17, 15) is 14.7 Å². The van der Waals surface area contributed by atoms with E-state index < -0.39 is 12.4 Å². The second-order valence-electron chi connectivity index (χ2n) is 12.7. The maximum absolute atomic E-state index is 12.2. The van der Waals surface area contributed by atoms with E-state index in [4.69, 9.17) is 14.9 Å². The van der Waals surface area contributed by atoms with Gasteiger partial charge < -0.3 is 35.2 Å². The lowest BCUT2D eigenvalue weighted by atomic mass is 9.93. The number of carbonyl (C=O) groups excluding carboxylic acids is 2. The molecule has 4 N–H and O–H groups in total. The third-order valence-electron chi connectivity index (χ3n) is 8.86. The average molecular weight is 640 g/mol. The lowest BCUT2D eigenvalue weighted by molar-refractivity contribution is -0.143. The van der Waals surface area contributed by atoms with Crippen molar-refractivity contribution in [3.05, 3.63) is 11.4 Å². The van der Waals surface area contributed by atoms with E-state index in [0.717, 1.165) is 123 Å². The molecule has 1 aliphatic rings. The van der Waals surface area contributed by atoms with Gasteiger partial charge in [0.05, 0.1) is 12.3 Å². The number of nitrogens with one attached hydrogen (secondary N) is 1. The number of carbonyl (C=O) groups is 2. The Hall–Kier alpha value is -1.68. The first-order valence-electron chi connectivity index (χ1n) is 18.5. The molecule has 0 saturated heterocycles. The van der Waals surface area contributed by atoms with E-state index in [2.05, 4.69) is 17.1 Å². The summed E-state index contributed by atoms with van der Waals surface area (Å²) in [6, 6.07) is 0. The van der Waals surface area contributed by atoms with Gasteiger partial charge in [0.15, 0.2) is 12.4 Å². The topological polar surface area (TPSA) is 123 Å². The van der Waals surface area contributed by atoms with Gasteiger partial charge in [-0.1, -0.05) is 84.0 Å². The third-order valence-corrected chi connectivity index (χ3v) is 8.86. The van der Waals surface area contributed by atoms with Crippen molar-refractivity contribution in [2.45, 2.75) is 162 Å². The Morgan fingerprint density at radius 3 is 1.89 bits per heavy atom. The van der Waals surface area contributed by atoms with Crippen molar-refractivity contribution in [1.29, 1.82) is 0 Å². The number of rotatable bonds is 32. The molecule has 1 unspecified atom stereocenters. The van der Waals surface area contributed by atoms with Crippen LogP contribution in [0.1, 0.15) is 149 Å². The van der Waals surface area contributed by atoms with E-state index in [1.165, 1.54) is 32.1 Å². The van der Waals surface area contributed by atoms with Crippen molar-refractivity contribution >= 4 is 11.8 Å². The summed E-state index contributed by atoms with van der Waals surface area (Å²) in [7, 11) is 0. The fourth-order valence-electron chi connectivity index (χ4n) is 6.00. The first-order valence-corrected chi connectivity index (χ1v) is 18.5. The van der Waals surface area contributed by atoms with Crippen LogP contribution in [0.5, 0.6) is 0 Å². The van der Waals surface area contributed by atoms with E-state index in [-0.39, 0.29) is 11.8 Å². The number of nitrogens with zero attached hydrogens (tertiary/aromatic N) is 2. The van der Waals surface area contributed by atoms with Crippen LogP contribution in [-0.4, -0.2) is 95.1 Å². The zero-order valence-electron chi connectivity index (χ0n) is 29.2. The Morgan fingerprint density at radius 2 is 1.29 bits per heavy atom. The van der Waals surface area contributed by atoms with Crippen LogP contribution >= 0.6 is 0 Å². The third kappa shape index (κ3) is 19.6. The molecule has 1 rings (SSSR count). The largest absolute Gasteiger partial charge is 0.466 e. The number of aliphatic hydroxyl groups excluding tert-OH is 2. The number of hydrogen-bond donors (Lipinski definition) is 4. The second kappa shape index (κ2) is 27.4. The Kier molecular flexibility index (Phi) is 25.2. The van der Waals surface area contributed by atoms with Gasteiger partial charge in [0.1, 0.15) is 5.70 Å². The minimum absolute atomic E-state index is 0.0490. The van der Waals surface area contributed by atoms with Crippen molar-refractivity contribution in [1.82, 2.24) is 15.1 Å². The molecule has 0 radical (unpaired) electrons. The van der Waals surface area contributed by atoms with Crippen LogP contribution in [0.4, 0.5) is 0 Å². The molecule has 0 aromatic carbocycles. The fourth-order valence-corrected chi connectivity index (χ4v) is 6.00. The van der Waals surface area contributed by atoms with Gasteiger partial charge >= 0.3 is 5.97 Å². The predicted octanol–water partition coefficient (Wildman–Crippen LogP) is 6.05. The lowest BCUT2D eigenvalue weighted by Gasteiger charge is -2.36. The quantitative estimate of drug-likeness (QED) is 0.0396. The summed E-state index contributed by atoms with van der Waals surface area (Å²) in [6.45, 7) is 12.1. The monoisotopic (exact) mass is 640 g/mol. The molecule has 45 heavy (non-hydrogen) atoms. The molecule has 1 aliphatic carbocycles. The van der Waals surface area contributed by atoms with E-state index in [1.807, 2.05) is 18.7 Å². The van der Waals surface area contributed by atoms with Crippen LogP contribution < -0.4 is 5.32 Å². The summed E-state index contributed by atoms with van der Waals surface area (Å²) >= 11 is 0. The molecule has 0 spiro atoms. The van der Waals surface area contributed by atoms with Crippen LogP contribution in [0.25, 0.3) is 0 Å². The molecule has 1 atom stereocenters. The van der Waals surface area contributed by atoms with Crippen molar-refractivity contribution in [2.24, 2.45) is 0 Å². The lowest BCUT2D eigenvalue weighted by Crippen LogP contribution is -2.49. The van der Waals surface area contributed by atoms with E-state index in [0.29, 0.717) is 30.8 Å². The Morgan fingerprint density at radius 1 is 0.756 bits per heavy atom. The number of unbranched alkanes of at least 4 members (excludes halogenated alkanes) is 14. The number of aliphatic hydroxyl groups is 3. The molecule has 264 valence electrons. The normalized spacial score (nSPS) is 14.8. The minimum atomic E-state index is -1.19. The fraction of sp³-hybridized carbons (Fsp3) is 0.889. The van der Waals surface area contributed by atoms with Crippen LogP contribution in [0.2, 0.25) is 0 Å². The first kappa shape index (κ1) is 41.3. The van der Waals surface area contributed by atoms with Crippen molar-refractivity contribution in [3.63, 3.8) is 0 Å². The number of Topliss-reactive ketones (excluding diaryl/α,β-unsaturated/α-hetero) is 1. The molecule has 0 bridgehead atoms. The number of hydrogen-bond acceptors (Lipinski definition) is 9. The first-order chi connectivity index (χ1) is 21.8. The number of ketones is 1. The second-order valence-corrected chi connectivity index (χ2v) is 12.7. The molecule has 0 heterocycles. The molecule has 9 heteroatoms. The number of likely N-dealkylation sites (N-methyl/N-ethyl adjacent to an activating group) is 1. The Balaban J connectivity index is 2.29. The summed E-state index contributed by atoms with van der Waals surface area (Å²) < 4.78 is 5.41. The predicted molar refractivity (Wildman–Crippen MR) is 183 cm³/mol. The highest BCUT2D eigenvalue weighted by atomic mass is 16.5. The van der Waals surface area contributed by atoms with Gasteiger partial charge in [-0.3, -0.25) is 9.59 Å². The maximum Gasteiger partial charge on any atom is 0.305 e. The minimum Gasteiger partial charge on any atom is -0.466 e. The van der Waals surface area contributed by atoms with Gasteiger partial charge in [-0.05, 0) is 78.4 Å². The SMILES string of the molecule is CCCCCCCCCOC(=O)CCCCCCCN(CCCCCCCC(O)O)CCCNC1=C(N(CC)CC)C(=O)C1O. The highest BCUT2D eigenvalue weighted by molar-refractivity contribution is 6.07. The number of ether oxygens (including phenoxy) is 1. The van der Waals surface area contributed by atoms with Gasteiger partial charge in [0.25, 0.3) is 0 Å². The van der Waals surface area contributed by atoms with Crippen molar-refractivity contribution in [2.75, 3.05) is 45.9 Å². The summed E-state index contributed by atoms with van der Waals surface area (Å²) in [4.78, 5) is 28.8. The molecule has 0 amide bonds. The van der Waals surface area contributed by atoms with E-state index >= 15 is 0 Å². The molecule has 0 aliphatic heterocycles. The van der Waals surface area contributed by atoms with Gasteiger partial charge in [-0.2, -0.15) is 0 Å². The summed E-state index contributed by atoms with van der Waals surface area (Å²) in [6.07, 6.45) is 18.9. The van der Waals surface area contributed by atoms with Crippen molar-refractivity contribution < 1.29 is 29.6 Å². The number of esters is 1.